The third kappa shape index (κ3) is 8.06. The molecule has 12 heteroatoms. The first-order chi connectivity index (χ1) is 24.1. The van der Waals surface area contributed by atoms with Crippen LogP contribution in [0.3, 0.4) is 0 Å². The number of rotatable bonds is 8. The lowest BCUT2D eigenvalue weighted by Crippen LogP contribution is -2.57. The first-order valence-electron chi connectivity index (χ1n) is 16.4. The molecule has 11 nitrogen and oxygen atoms in total. The molecule has 4 aromatic carbocycles. The monoisotopic (exact) mass is 756 g/mol. The Balaban J connectivity index is 1.59. The van der Waals surface area contributed by atoms with Crippen LogP contribution in [0.2, 0.25) is 0 Å². The molecule has 0 aliphatic carbocycles. The molecule has 0 saturated heterocycles. The Morgan fingerprint density at radius 3 is 2.24 bits per heavy atom. The molecule has 0 radical (unpaired) electrons. The van der Waals surface area contributed by atoms with Gasteiger partial charge in [-0.05, 0) is 87.9 Å². The number of para-hydroxylation sites is 2. The highest BCUT2D eigenvalue weighted by molar-refractivity contribution is 9.10. The van der Waals surface area contributed by atoms with Gasteiger partial charge in [0.2, 0.25) is 5.91 Å². The number of nitrogens with one attached hydrogen (secondary N) is 1. The van der Waals surface area contributed by atoms with E-state index in [1.807, 2.05) is 30.3 Å². The number of carbonyl (C=O) groups excluding carboxylic acids is 5. The fraction of sp³-hybridized carbons (Fsp3) is 0.308. The van der Waals surface area contributed by atoms with Gasteiger partial charge in [0, 0.05) is 28.2 Å². The summed E-state index contributed by atoms with van der Waals surface area (Å²) in [7, 11) is 3.01. The number of hydrogen-bond acceptors (Lipinski definition) is 7. The number of benzene rings is 4. The minimum Gasteiger partial charge on any atom is -0.496 e. The molecule has 0 unspecified atom stereocenters. The Kier molecular flexibility index (Phi) is 10.8. The Hall–Kier alpha value is -5.23. The summed E-state index contributed by atoms with van der Waals surface area (Å²) in [5.41, 5.74) is 1.59. The quantitative estimate of drug-likeness (QED) is 0.197. The van der Waals surface area contributed by atoms with Crippen molar-refractivity contribution in [2.24, 2.45) is 0 Å². The van der Waals surface area contributed by atoms with Crippen LogP contribution in [0.4, 0.5) is 16.2 Å². The zero-order valence-corrected chi connectivity index (χ0v) is 31.2. The van der Waals surface area contributed by atoms with Crippen molar-refractivity contribution >= 4 is 67.7 Å². The predicted octanol–water partition coefficient (Wildman–Crippen LogP) is 6.75. The summed E-state index contributed by atoms with van der Waals surface area (Å²) in [5, 5.41) is 4.62. The number of fused-ring (bicyclic) bond motifs is 2. The van der Waals surface area contributed by atoms with Gasteiger partial charge in [-0.25, -0.2) is 4.79 Å². The van der Waals surface area contributed by atoms with E-state index in [9.17, 15) is 24.0 Å². The van der Waals surface area contributed by atoms with Gasteiger partial charge in [-0.15, -0.1) is 0 Å². The van der Waals surface area contributed by atoms with Crippen LogP contribution in [-0.4, -0.2) is 72.9 Å². The summed E-state index contributed by atoms with van der Waals surface area (Å²) >= 11 is 3.54. The number of likely N-dealkylation sites (N-methyl/N-ethyl adjacent to an activating group) is 1. The SMILES string of the molecule is COc1ccc2cc(Br)ccc2c1CN1C(=O)[C@@H](NC(=O)[C@H](C)N(C)C(=O)OC(C)(C)C)CN(C(=O)c2ccc(C(C)=O)cc2)c2ccccc21. The topological polar surface area (TPSA) is 126 Å². The molecule has 266 valence electrons. The summed E-state index contributed by atoms with van der Waals surface area (Å²) in [6.07, 6.45) is -0.702. The van der Waals surface area contributed by atoms with Crippen LogP contribution in [0.25, 0.3) is 10.8 Å². The lowest BCUT2D eigenvalue weighted by atomic mass is 10.0. The summed E-state index contributed by atoms with van der Waals surface area (Å²) in [4.78, 5) is 71.8. The van der Waals surface area contributed by atoms with Gasteiger partial charge in [-0.1, -0.05) is 52.3 Å². The lowest BCUT2D eigenvalue weighted by Gasteiger charge is -2.30. The first kappa shape index (κ1) is 37.0. The molecule has 1 aliphatic heterocycles. The van der Waals surface area contributed by atoms with Crippen molar-refractivity contribution < 1.29 is 33.4 Å². The second kappa shape index (κ2) is 14.9. The van der Waals surface area contributed by atoms with E-state index >= 15 is 0 Å². The Morgan fingerprint density at radius 2 is 1.61 bits per heavy atom. The highest BCUT2D eigenvalue weighted by atomic mass is 79.9. The fourth-order valence-electron chi connectivity index (χ4n) is 5.87. The van der Waals surface area contributed by atoms with Gasteiger partial charge in [0.05, 0.1) is 31.6 Å². The molecule has 1 heterocycles. The van der Waals surface area contributed by atoms with Crippen LogP contribution >= 0.6 is 15.9 Å². The van der Waals surface area contributed by atoms with Crippen molar-refractivity contribution in [3.05, 3.63) is 100 Å². The fourth-order valence-corrected chi connectivity index (χ4v) is 6.25. The molecular weight excluding hydrogens is 716 g/mol. The molecule has 0 aromatic heterocycles. The molecule has 5 rings (SSSR count). The van der Waals surface area contributed by atoms with Crippen LogP contribution in [0, 0.1) is 0 Å². The van der Waals surface area contributed by atoms with Crippen molar-refractivity contribution in [1.82, 2.24) is 10.2 Å². The molecule has 51 heavy (non-hydrogen) atoms. The number of hydrogen-bond donors (Lipinski definition) is 1. The predicted molar refractivity (Wildman–Crippen MR) is 199 cm³/mol. The van der Waals surface area contributed by atoms with E-state index in [1.165, 1.54) is 25.8 Å². The smallest absolute Gasteiger partial charge is 0.410 e. The van der Waals surface area contributed by atoms with Crippen molar-refractivity contribution in [1.29, 1.82) is 0 Å². The Bertz CT molecular complexity index is 2010. The van der Waals surface area contributed by atoms with Gasteiger partial charge in [-0.3, -0.25) is 24.1 Å². The van der Waals surface area contributed by atoms with Crippen molar-refractivity contribution in [2.45, 2.75) is 58.8 Å². The molecule has 1 N–H and O–H groups in total. The number of amides is 4. The second-order valence-corrected chi connectivity index (χ2v) is 14.3. The zero-order chi connectivity index (χ0) is 37.2. The largest absolute Gasteiger partial charge is 0.496 e. The summed E-state index contributed by atoms with van der Waals surface area (Å²) < 4.78 is 12.1. The Labute approximate surface area is 305 Å². The number of Topliss-reactive ketones (excluding diaryl/α,β-unsaturated/α-hetero) is 1. The lowest BCUT2D eigenvalue weighted by molar-refractivity contribution is -0.130. The standard InChI is InChI=1S/C39H41BrN4O7/c1-23(42(6)38(49)51-39(3,4)5)35(46)41-31-22-44(36(47)26-14-12-25(13-15-26)24(2)45)33-11-9-8-10-32(33)43(37(31)48)21-30-29-18-17-28(40)20-27(29)16-19-34(30)50-7/h8-20,23,31H,21-22H2,1-7H3,(H,41,46)/t23-,31-/m0/s1. The maximum absolute atomic E-state index is 14.8. The van der Waals surface area contributed by atoms with Crippen LogP contribution in [0.1, 0.15) is 60.9 Å². The third-order valence-electron chi connectivity index (χ3n) is 8.72. The number of anilines is 2. The molecule has 0 saturated carbocycles. The summed E-state index contributed by atoms with van der Waals surface area (Å²) in [6, 6.07) is 20.7. The molecule has 0 bridgehead atoms. The van der Waals surface area contributed by atoms with E-state index in [2.05, 4.69) is 21.2 Å². The highest BCUT2D eigenvalue weighted by Crippen LogP contribution is 2.38. The summed E-state index contributed by atoms with van der Waals surface area (Å²) in [5.74, 6) is -1.09. The van der Waals surface area contributed by atoms with Crippen LogP contribution in [0.15, 0.2) is 83.3 Å². The van der Waals surface area contributed by atoms with Gasteiger partial charge in [0.25, 0.3) is 11.8 Å². The highest BCUT2D eigenvalue weighted by Gasteiger charge is 2.39. The number of nitrogens with zero attached hydrogens (tertiary/aromatic N) is 3. The molecule has 2 atom stereocenters. The average molecular weight is 758 g/mol. The van der Waals surface area contributed by atoms with Gasteiger partial charge in [-0.2, -0.15) is 0 Å². The molecule has 1 aliphatic rings. The number of carbonyl (C=O) groups is 5. The average Bonchev–Trinajstić information content (AvgIpc) is 3.20. The second-order valence-electron chi connectivity index (χ2n) is 13.4. The number of ether oxygens (including phenoxy) is 2. The van der Waals surface area contributed by atoms with Crippen molar-refractivity contribution in [3.63, 3.8) is 0 Å². The maximum atomic E-state index is 14.8. The minimum absolute atomic E-state index is 0.0487. The van der Waals surface area contributed by atoms with Crippen LogP contribution < -0.4 is 19.9 Å². The van der Waals surface area contributed by atoms with Crippen LogP contribution in [0.5, 0.6) is 5.75 Å². The van der Waals surface area contributed by atoms with E-state index in [0.717, 1.165) is 25.7 Å². The molecule has 4 aromatic rings. The molecule has 0 spiro atoms. The van der Waals surface area contributed by atoms with Gasteiger partial charge in [0.1, 0.15) is 23.4 Å². The van der Waals surface area contributed by atoms with Crippen LogP contribution in [-0.2, 0) is 20.9 Å². The minimum atomic E-state index is -1.23. The number of ketones is 1. The first-order valence-corrected chi connectivity index (χ1v) is 17.2. The molecule has 4 amide bonds. The van der Waals surface area contributed by atoms with Gasteiger partial charge >= 0.3 is 6.09 Å². The molecule has 0 fully saturated rings. The number of methoxy groups -OCH3 is 1. The van der Waals surface area contributed by atoms with E-state index in [-0.39, 0.29) is 18.9 Å². The Morgan fingerprint density at radius 1 is 0.961 bits per heavy atom. The normalized spacial score (nSPS) is 15.1. The van der Waals surface area contributed by atoms with E-state index in [4.69, 9.17) is 9.47 Å². The van der Waals surface area contributed by atoms with Gasteiger partial charge < -0.3 is 24.6 Å². The number of halogens is 1. The van der Waals surface area contributed by atoms with Crippen molar-refractivity contribution in [2.75, 3.05) is 30.5 Å². The van der Waals surface area contributed by atoms with E-state index in [0.29, 0.717) is 28.3 Å². The third-order valence-corrected chi connectivity index (χ3v) is 9.21. The summed E-state index contributed by atoms with van der Waals surface area (Å²) in [6.45, 7) is 7.99. The zero-order valence-electron chi connectivity index (χ0n) is 29.7. The van der Waals surface area contributed by atoms with Crippen molar-refractivity contribution in [3.8, 4) is 5.75 Å². The maximum Gasteiger partial charge on any atom is 0.410 e. The van der Waals surface area contributed by atoms with E-state index < -0.39 is 41.5 Å². The molecular formula is C39H41BrN4O7. The van der Waals surface area contributed by atoms with E-state index in [1.54, 1.807) is 81.3 Å². The van der Waals surface area contributed by atoms with Gasteiger partial charge in [0.15, 0.2) is 5.78 Å².